The van der Waals surface area contributed by atoms with E-state index in [2.05, 4.69) is 0 Å². The summed E-state index contributed by atoms with van der Waals surface area (Å²) in [6, 6.07) is 1.64. The summed E-state index contributed by atoms with van der Waals surface area (Å²) in [7, 11) is 0. The lowest BCUT2D eigenvalue weighted by atomic mass is 9.98. The summed E-state index contributed by atoms with van der Waals surface area (Å²) in [6.07, 6.45) is 1.52. The largest absolute Gasteiger partial charge is 0.478 e. The van der Waals surface area contributed by atoms with Crippen molar-refractivity contribution in [3.8, 4) is 0 Å². The summed E-state index contributed by atoms with van der Waals surface area (Å²) in [5.41, 5.74) is -0.977. The molecule has 1 atom stereocenters. The number of benzene rings is 1. The summed E-state index contributed by atoms with van der Waals surface area (Å²) in [4.78, 5) is 23.0. The zero-order chi connectivity index (χ0) is 15.6. The van der Waals surface area contributed by atoms with Gasteiger partial charge in [-0.15, -0.1) is 0 Å². The molecule has 8 heteroatoms. The maximum absolute atomic E-state index is 13.6. The van der Waals surface area contributed by atoms with Crippen molar-refractivity contribution < 1.29 is 24.3 Å². The zero-order valence-corrected chi connectivity index (χ0v) is 11.2. The van der Waals surface area contributed by atoms with Crippen LogP contribution in [0.5, 0.6) is 0 Å². The van der Waals surface area contributed by atoms with Crippen LogP contribution in [0.1, 0.15) is 23.2 Å². The molecule has 1 heterocycles. The number of carboxylic acids is 1. The number of aliphatic hydroxyl groups excluding tert-OH is 1. The molecule has 1 unspecified atom stereocenters. The number of halogens is 1. The number of carbonyl (C=O) groups is 1. The molecule has 1 saturated heterocycles. The molecular formula is C13H15FN2O5. The summed E-state index contributed by atoms with van der Waals surface area (Å²) in [5.74, 6) is -2.63. The van der Waals surface area contributed by atoms with Crippen LogP contribution in [0.25, 0.3) is 0 Å². The minimum atomic E-state index is -1.47. The fraction of sp³-hybridized carbons (Fsp3) is 0.462. The van der Waals surface area contributed by atoms with E-state index in [1.165, 1.54) is 0 Å². The van der Waals surface area contributed by atoms with Crippen LogP contribution in [-0.2, 0) is 0 Å². The van der Waals surface area contributed by atoms with Gasteiger partial charge in [-0.05, 0) is 24.8 Å². The van der Waals surface area contributed by atoms with Crippen molar-refractivity contribution in [1.29, 1.82) is 0 Å². The molecule has 1 aromatic carbocycles. The predicted octanol–water partition coefficient (Wildman–Crippen LogP) is 1.64. The van der Waals surface area contributed by atoms with E-state index in [0.717, 1.165) is 18.9 Å². The normalized spacial score (nSPS) is 18.6. The lowest BCUT2D eigenvalue weighted by molar-refractivity contribution is -0.384. The molecule has 7 nitrogen and oxygen atoms in total. The van der Waals surface area contributed by atoms with Crippen LogP contribution < -0.4 is 4.90 Å². The van der Waals surface area contributed by atoms with Gasteiger partial charge >= 0.3 is 5.97 Å². The van der Waals surface area contributed by atoms with Crippen LogP contribution >= 0.6 is 0 Å². The minimum Gasteiger partial charge on any atom is -0.478 e. The van der Waals surface area contributed by atoms with E-state index in [1.807, 2.05) is 0 Å². The lowest BCUT2D eigenvalue weighted by Crippen LogP contribution is -2.37. The molecule has 1 fully saturated rings. The number of rotatable bonds is 4. The van der Waals surface area contributed by atoms with Gasteiger partial charge in [-0.2, -0.15) is 0 Å². The first-order valence-electron chi connectivity index (χ1n) is 6.51. The number of aliphatic hydroxyl groups is 1. The minimum absolute atomic E-state index is 0.0308. The molecule has 0 spiro atoms. The predicted molar refractivity (Wildman–Crippen MR) is 72.0 cm³/mol. The van der Waals surface area contributed by atoms with E-state index >= 15 is 0 Å². The van der Waals surface area contributed by atoms with Gasteiger partial charge in [-0.25, -0.2) is 9.18 Å². The molecule has 0 aromatic heterocycles. The van der Waals surface area contributed by atoms with Gasteiger partial charge in [0.15, 0.2) is 0 Å². The van der Waals surface area contributed by atoms with E-state index < -0.39 is 28.0 Å². The summed E-state index contributed by atoms with van der Waals surface area (Å²) in [5, 5.41) is 29.2. The van der Waals surface area contributed by atoms with Crippen LogP contribution in [0.2, 0.25) is 0 Å². The fourth-order valence-electron chi connectivity index (χ4n) is 2.55. The van der Waals surface area contributed by atoms with Crippen LogP contribution in [0.3, 0.4) is 0 Å². The summed E-state index contributed by atoms with van der Waals surface area (Å²) in [6.45, 7) is 0.835. The second-order valence-electron chi connectivity index (χ2n) is 5.02. The quantitative estimate of drug-likeness (QED) is 0.647. The van der Waals surface area contributed by atoms with Crippen molar-refractivity contribution >= 4 is 17.3 Å². The van der Waals surface area contributed by atoms with Gasteiger partial charge in [0.05, 0.1) is 16.6 Å². The number of nitro benzene ring substituents is 1. The molecule has 114 valence electrons. The van der Waals surface area contributed by atoms with E-state index in [0.29, 0.717) is 19.2 Å². The Hall–Kier alpha value is -2.22. The monoisotopic (exact) mass is 298 g/mol. The number of hydrogen-bond acceptors (Lipinski definition) is 5. The number of hydrogen-bond donors (Lipinski definition) is 2. The molecule has 1 aromatic rings. The van der Waals surface area contributed by atoms with Gasteiger partial charge in [-0.1, -0.05) is 0 Å². The number of aromatic carboxylic acids is 1. The number of carboxylic acid groups (broad SMARTS) is 1. The van der Waals surface area contributed by atoms with Crippen molar-refractivity contribution in [2.24, 2.45) is 5.92 Å². The maximum Gasteiger partial charge on any atom is 0.338 e. The average Bonchev–Trinajstić information content (AvgIpc) is 2.46. The van der Waals surface area contributed by atoms with E-state index in [1.54, 1.807) is 4.90 Å². The molecular weight excluding hydrogens is 283 g/mol. The third-order valence-electron chi connectivity index (χ3n) is 3.61. The first-order chi connectivity index (χ1) is 9.93. The molecule has 0 radical (unpaired) electrons. The fourth-order valence-corrected chi connectivity index (χ4v) is 2.55. The van der Waals surface area contributed by atoms with E-state index in [9.17, 15) is 24.4 Å². The van der Waals surface area contributed by atoms with Crippen molar-refractivity contribution in [2.75, 3.05) is 24.6 Å². The van der Waals surface area contributed by atoms with Crippen LogP contribution in [0.15, 0.2) is 12.1 Å². The van der Waals surface area contributed by atoms with E-state index in [4.69, 9.17) is 5.11 Å². The van der Waals surface area contributed by atoms with Gasteiger partial charge in [0, 0.05) is 19.7 Å². The average molecular weight is 298 g/mol. The number of nitrogens with zero attached hydrogens (tertiary/aromatic N) is 2. The third kappa shape index (κ3) is 3.10. The molecule has 0 bridgehead atoms. The van der Waals surface area contributed by atoms with Gasteiger partial charge in [0.2, 0.25) is 0 Å². The first-order valence-corrected chi connectivity index (χ1v) is 6.51. The Balaban J connectivity index is 2.46. The highest BCUT2D eigenvalue weighted by atomic mass is 19.1. The van der Waals surface area contributed by atoms with Crippen molar-refractivity contribution in [3.05, 3.63) is 33.6 Å². The molecule has 2 N–H and O–H groups in total. The SMILES string of the molecule is O=C(O)c1cc(N2CCCC(CO)C2)c([N+](=O)[O-])cc1F. The van der Waals surface area contributed by atoms with Crippen molar-refractivity contribution in [1.82, 2.24) is 0 Å². The summed E-state index contributed by atoms with van der Waals surface area (Å²) < 4.78 is 13.6. The van der Waals surface area contributed by atoms with Gasteiger partial charge in [-0.3, -0.25) is 10.1 Å². The van der Waals surface area contributed by atoms with Crippen LogP contribution in [-0.4, -0.2) is 40.8 Å². The highest BCUT2D eigenvalue weighted by molar-refractivity contribution is 5.90. The Kier molecular flexibility index (Phi) is 4.37. The van der Waals surface area contributed by atoms with Gasteiger partial charge < -0.3 is 15.1 Å². The Morgan fingerprint density at radius 3 is 2.81 bits per heavy atom. The standard InChI is InChI=1S/C13H15FN2O5/c14-10-5-12(16(20)21)11(4-9(10)13(18)19)15-3-1-2-8(6-15)7-17/h4-5,8,17H,1-3,6-7H2,(H,18,19). The Bertz CT molecular complexity index is 578. The van der Waals surface area contributed by atoms with E-state index in [-0.39, 0.29) is 18.2 Å². The Morgan fingerprint density at radius 2 is 2.24 bits per heavy atom. The van der Waals surface area contributed by atoms with Gasteiger partial charge in [0.1, 0.15) is 11.5 Å². The zero-order valence-electron chi connectivity index (χ0n) is 11.2. The summed E-state index contributed by atoms with van der Waals surface area (Å²) >= 11 is 0. The van der Waals surface area contributed by atoms with Gasteiger partial charge in [0.25, 0.3) is 5.69 Å². The van der Waals surface area contributed by atoms with Crippen molar-refractivity contribution in [3.63, 3.8) is 0 Å². The number of piperidine rings is 1. The molecule has 2 rings (SSSR count). The van der Waals surface area contributed by atoms with Crippen LogP contribution in [0, 0.1) is 21.8 Å². The first kappa shape index (κ1) is 15.2. The highest BCUT2D eigenvalue weighted by Crippen LogP contribution is 2.33. The smallest absolute Gasteiger partial charge is 0.338 e. The third-order valence-corrected chi connectivity index (χ3v) is 3.61. The Labute approximate surface area is 119 Å². The molecule has 0 aliphatic carbocycles. The highest BCUT2D eigenvalue weighted by Gasteiger charge is 2.28. The Morgan fingerprint density at radius 1 is 1.52 bits per heavy atom. The van der Waals surface area contributed by atoms with Crippen LogP contribution in [0.4, 0.5) is 15.8 Å². The molecule has 1 aliphatic rings. The number of nitro groups is 1. The maximum atomic E-state index is 13.6. The topological polar surface area (TPSA) is 104 Å². The molecule has 0 saturated carbocycles. The lowest BCUT2D eigenvalue weighted by Gasteiger charge is -2.33. The molecule has 0 amide bonds. The second kappa shape index (κ2) is 6.04. The molecule has 21 heavy (non-hydrogen) atoms. The van der Waals surface area contributed by atoms with Crippen molar-refractivity contribution in [2.45, 2.75) is 12.8 Å². The number of anilines is 1. The molecule has 1 aliphatic heterocycles. The second-order valence-corrected chi connectivity index (χ2v) is 5.02.